The van der Waals surface area contributed by atoms with E-state index in [1.54, 1.807) is 19.1 Å². The maximum atomic E-state index is 11.7. The largest absolute Gasteiger partial charge is 0.366 e. The lowest BCUT2D eigenvalue weighted by Crippen LogP contribution is -2.30. The van der Waals surface area contributed by atoms with Gasteiger partial charge in [-0.1, -0.05) is 31.9 Å². The van der Waals surface area contributed by atoms with Crippen LogP contribution in [0.2, 0.25) is 0 Å². The highest BCUT2D eigenvalue weighted by molar-refractivity contribution is 7.89. The molecule has 1 heterocycles. The number of hydrogen-bond acceptors (Lipinski definition) is 5. The van der Waals surface area contributed by atoms with Gasteiger partial charge in [-0.25, -0.2) is 13.6 Å². The molecule has 2 aromatic rings. The topological polar surface area (TPSA) is 98.0 Å². The maximum absolute atomic E-state index is 11.7. The molecule has 0 amide bonds. The molecule has 6 nitrogen and oxygen atoms in total. The highest BCUT2D eigenvalue weighted by Gasteiger charge is 2.21. The molecule has 0 spiro atoms. The Kier molecular flexibility index (Phi) is 5.06. The van der Waals surface area contributed by atoms with Crippen molar-refractivity contribution in [2.24, 2.45) is 11.1 Å². The number of aryl methyl sites for hydroxylation is 1. The molecule has 134 valence electrons. The number of nitrogens with one attached hydrogen (secondary N) is 1. The van der Waals surface area contributed by atoms with Crippen LogP contribution in [0.3, 0.4) is 0 Å². The second-order valence-corrected chi connectivity index (χ2v) is 8.37. The quantitative estimate of drug-likeness (QED) is 0.873. The number of rotatable bonds is 4. The van der Waals surface area contributed by atoms with Gasteiger partial charge in [0.1, 0.15) is 5.82 Å². The lowest BCUT2D eigenvalue weighted by Gasteiger charge is -2.29. The first kappa shape index (κ1) is 17.8. The third-order valence-corrected chi connectivity index (χ3v) is 5.95. The van der Waals surface area contributed by atoms with Crippen molar-refractivity contribution >= 4 is 15.8 Å². The number of nitrogens with zero attached hydrogens (tertiary/aromatic N) is 2. The van der Waals surface area contributed by atoms with Crippen molar-refractivity contribution in [3.8, 4) is 11.3 Å². The van der Waals surface area contributed by atoms with Gasteiger partial charge in [-0.3, -0.25) is 0 Å². The Hall–Kier alpha value is -1.99. The van der Waals surface area contributed by atoms with Crippen molar-refractivity contribution in [1.82, 2.24) is 10.2 Å². The summed E-state index contributed by atoms with van der Waals surface area (Å²) in [6, 6.07) is 9.27. The van der Waals surface area contributed by atoms with Crippen LogP contribution in [0.1, 0.15) is 38.2 Å². The molecule has 1 aliphatic carbocycles. The minimum Gasteiger partial charge on any atom is -0.366 e. The van der Waals surface area contributed by atoms with Crippen molar-refractivity contribution in [2.75, 3.05) is 5.32 Å². The van der Waals surface area contributed by atoms with Crippen LogP contribution in [0.4, 0.5) is 5.82 Å². The molecule has 0 saturated heterocycles. The van der Waals surface area contributed by atoms with E-state index in [9.17, 15) is 8.42 Å². The van der Waals surface area contributed by atoms with Crippen LogP contribution < -0.4 is 10.5 Å². The standard InChI is InChI=1S/C18H24N4O2S/c1-12-5-3-4-6-15(12)20-18-10-9-16(21-22-18)14-8-7-13(2)17(11-14)25(19,23)24/h7-12,15H,3-6H2,1-2H3,(H,20,22)(H2,19,23,24). The van der Waals surface area contributed by atoms with Crippen LogP contribution in [-0.4, -0.2) is 24.7 Å². The predicted octanol–water partition coefficient (Wildman–Crippen LogP) is 3.09. The average molecular weight is 360 g/mol. The van der Waals surface area contributed by atoms with Gasteiger partial charge in [0.25, 0.3) is 0 Å². The number of aromatic nitrogens is 2. The highest BCUT2D eigenvalue weighted by Crippen LogP contribution is 2.27. The Bertz CT molecular complexity index is 850. The van der Waals surface area contributed by atoms with Gasteiger partial charge in [0.15, 0.2) is 0 Å². The molecule has 0 radical (unpaired) electrons. The fraction of sp³-hybridized carbons (Fsp3) is 0.444. The first-order valence-corrected chi connectivity index (χ1v) is 10.1. The molecule has 1 aromatic carbocycles. The lowest BCUT2D eigenvalue weighted by molar-refractivity contribution is 0.349. The van der Waals surface area contributed by atoms with Crippen molar-refractivity contribution in [3.05, 3.63) is 35.9 Å². The summed E-state index contributed by atoms with van der Waals surface area (Å²) in [4.78, 5) is 0.116. The number of hydrogen-bond donors (Lipinski definition) is 2. The summed E-state index contributed by atoms with van der Waals surface area (Å²) in [6.45, 7) is 3.98. The Balaban J connectivity index is 1.81. The van der Waals surface area contributed by atoms with Gasteiger partial charge in [0, 0.05) is 11.6 Å². The van der Waals surface area contributed by atoms with E-state index in [-0.39, 0.29) is 4.90 Å². The van der Waals surface area contributed by atoms with Crippen molar-refractivity contribution in [1.29, 1.82) is 0 Å². The number of primary sulfonamides is 1. The van der Waals surface area contributed by atoms with Crippen LogP contribution in [0.5, 0.6) is 0 Å². The monoisotopic (exact) mass is 360 g/mol. The van der Waals surface area contributed by atoms with Crippen molar-refractivity contribution in [2.45, 2.75) is 50.5 Å². The van der Waals surface area contributed by atoms with Gasteiger partial charge in [-0.15, -0.1) is 10.2 Å². The van der Waals surface area contributed by atoms with E-state index in [0.29, 0.717) is 28.8 Å². The predicted molar refractivity (Wildman–Crippen MR) is 98.6 cm³/mol. The van der Waals surface area contributed by atoms with Crippen molar-refractivity contribution < 1.29 is 8.42 Å². The van der Waals surface area contributed by atoms with E-state index < -0.39 is 10.0 Å². The van der Waals surface area contributed by atoms with Crippen LogP contribution in [0.15, 0.2) is 35.2 Å². The van der Waals surface area contributed by atoms with Gasteiger partial charge in [0.05, 0.1) is 10.6 Å². The normalized spacial score (nSPS) is 21.1. The zero-order valence-corrected chi connectivity index (χ0v) is 15.4. The van der Waals surface area contributed by atoms with E-state index in [1.165, 1.54) is 19.3 Å². The lowest BCUT2D eigenvalue weighted by atomic mass is 9.86. The summed E-state index contributed by atoms with van der Waals surface area (Å²) in [5, 5.41) is 17.2. The Morgan fingerprint density at radius 3 is 2.52 bits per heavy atom. The average Bonchev–Trinajstić information content (AvgIpc) is 2.57. The molecule has 0 aliphatic heterocycles. The van der Waals surface area contributed by atoms with Crippen LogP contribution in [0.25, 0.3) is 11.3 Å². The molecular formula is C18H24N4O2S. The molecule has 3 N–H and O–H groups in total. The number of benzene rings is 1. The summed E-state index contributed by atoms with van der Waals surface area (Å²) in [6.07, 6.45) is 4.93. The second-order valence-electron chi connectivity index (χ2n) is 6.84. The maximum Gasteiger partial charge on any atom is 0.238 e. The van der Waals surface area contributed by atoms with Crippen molar-refractivity contribution in [3.63, 3.8) is 0 Å². The third-order valence-electron chi connectivity index (χ3n) is 4.90. The van der Waals surface area contributed by atoms with E-state index in [2.05, 4.69) is 22.4 Å². The smallest absolute Gasteiger partial charge is 0.238 e. The number of sulfonamides is 1. The Morgan fingerprint density at radius 1 is 1.12 bits per heavy atom. The molecule has 1 fully saturated rings. The van der Waals surface area contributed by atoms with E-state index in [1.807, 2.05) is 18.2 Å². The molecular weight excluding hydrogens is 336 g/mol. The molecule has 2 atom stereocenters. The van der Waals surface area contributed by atoms with E-state index >= 15 is 0 Å². The minimum atomic E-state index is -3.76. The minimum absolute atomic E-state index is 0.116. The first-order valence-electron chi connectivity index (χ1n) is 8.58. The molecule has 3 rings (SSSR count). The Morgan fingerprint density at radius 2 is 1.88 bits per heavy atom. The second kappa shape index (κ2) is 7.09. The van der Waals surface area contributed by atoms with Crippen LogP contribution >= 0.6 is 0 Å². The summed E-state index contributed by atoms with van der Waals surface area (Å²) >= 11 is 0. The van der Waals surface area contributed by atoms with Gasteiger partial charge < -0.3 is 5.32 Å². The van der Waals surface area contributed by atoms with Crippen LogP contribution in [-0.2, 0) is 10.0 Å². The zero-order chi connectivity index (χ0) is 18.0. The van der Waals surface area contributed by atoms with E-state index in [4.69, 9.17) is 5.14 Å². The van der Waals surface area contributed by atoms with Crippen LogP contribution in [0, 0.1) is 12.8 Å². The molecule has 1 aromatic heterocycles. The SMILES string of the molecule is Cc1ccc(-c2ccc(NC3CCCCC3C)nn2)cc1S(N)(=O)=O. The molecule has 1 saturated carbocycles. The molecule has 25 heavy (non-hydrogen) atoms. The van der Waals surface area contributed by atoms with Gasteiger partial charge in [0.2, 0.25) is 10.0 Å². The first-order chi connectivity index (χ1) is 11.8. The fourth-order valence-corrected chi connectivity index (χ4v) is 4.16. The summed E-state index contributed by atoms with van der Waals surface area (Å²) < 4.78 is 23.4. The Labute approximate surface area is 148 Å². The van der Waals surface area contributed by atoms with Gasteiger partial charge in [-0.05, 0) is 49.4 Å². The molecule has 2 unspecified atom stereocenters. The van der Waals surface area contributed by atoms with Gasteiger partial charge >= 0.3 is 0 Å². The summed E-state index contributed by atoms with van der Waals surface area (Å²) in [7, 11) is -3.76. The highest BCUT2D eigenvalue weighted by atomic mass is 32.2. The number of nitrogens with two attached hydrogens (primary N) is 1. The number of anilines is 1. The van der Waals surface area contributed by atoms with Gasteiger partial charge in [-0.2, -0.15) is 0 Å². The zero-order valence-electron chi connectivity index (χ0n) is 14.6. The molecule has 7 heteroatoms. The fourth-order valence-electron chi connectivity index (χ4n) is 3.35. The molecule has 1 aliphatic rings. The summed E-state index contributed by atoms with van der Waals surface area (Å²) in [5.41, 5.74) is 1.91. The summed E-state index contributed by atoms with van der Waals surface area (Å²) in [5.74, 6) is 1.38. The van der Waals surface area contributed by atoms with E-state index in [0.717, 1.165) is 12.2 Å². The molecule has 0 bridgehead atoms. The third kappa shape index (κ3) is 4.16.